The molecule has 2 nitrogen and oxygen atoms in total. The second-order valence-corrected chi connectivity index (χ2v) is 4.27. The van der Waals surface area contributed by atoms with Crippen LogP contribution in [0, 0.1) is 17.3 Å². The summed E-state index contributed by atoms with van der Waals surface area (Å²) < 4.78 is 4.63. The van der Waals surface area contributed by atoms with Gasteiger partial charge in [-0.15, -0.1) is 0 Å². The lowest BCUT2D eigenvalue weighted by molar-refractivity contribution is 0.0922. The maximum atomic E-state index is 9.86. The molecule has 0 saturated heterocycles. The third-order valence-corrected chi connectivity index (χ3v) is 3.15. The third kappa shape index (κ3) is 2.84. The Morgan fingerprint density at radius 2 is 1.83 bits per heavy atom. The van der Waals surface area contributed by atoms with E-state index in [2.05, 4.69) is 39.4 Å². The average Bonchev–Trinajstić information content (AvgIpc) is 1.99. The maximum Gasteiger partial charge on any atom is 0.417 e. The van der Waals surface area contributed by atoms with Crippen molar-refractivity contribution in [2.45, 2.75) is 34.6 Å². The van der Waals surface area contributed by atoms with E-state index in [1.165, 1.54) is 6.47 Å². The van der Waals surface area contributed by atoms with Gasteiger partial charge in [0.25, 0.3) is 0 Å². The van der Waals surface area contributed by atoms with E-state index in [-0.39, 0.29) is 5.41 Å². The fraction of sp³-hybridized carbons (Fsp3) is 0.900. The van der Waals surface area contributed by atoms with Gasteiger partial charge in [0.2, 0.25) is 0 Å². The van der Waals surface area contributed by atoms with Crippen molar-refractivity contribution in [1.82, 2.24) is 0 Å². The van der Waals surface area contributed by atoms with Crippen LogP contribution in [0.2, 0.25) is 0 Å². The van der Waals surface area contributed by atoms with E-state index < -0.39 is 0 Å². The lowest BCUT2D eigenvalue weighted by Gasteiger charge is -2.35. The Hall–Kier alpha value is -0.530. The van der Waals surface area contributed by atoms with E-state index in [0.717, 1.165) is 0 Å². The molecule has 0 bridgehead atoms. The third-order valence-electron chi connectivity index (χ3n) is 3.15. The maximum absolute atomic E-state index is 9.86. The van der Waals surface area contributed by atoms with Crippen molar-refractivity contribution < 1.29 is 9.53 Å². The quantitative estimate of drug-likeness (QED) is 0.635. The molecule has 0 spiro atoms. The molecule has 2 heteroatoms. The summed E-state index contributed by atoms with van der Waals surface area (Å²) in [6.07, 6.45) is 0. The first-order valence-electron chi connectivity index (χ1n) is 4.41. The molecule has 71 valence electrons. The largest absolute Gasteiger partial charge is 0.457 e. The summed E-state index contributed by atoms with van der Waals surface area (Å²) >= 11 is 0. The van der Waals surface area contributed by atoms with Gasteiger partial charge in [0.1, 0.15) is 0 Å². The minimum atomic E-state index is 0.205. The summed E-state index contributed by atoms with van der Waals surface area (Å²) in [5.74, 6) is 0.960. The highest BCUT2D eigenvalue weighted by molar-refractivity contribution is 5.38. The van der Waals surface area contributed by atoms with Crippen molar-refractivity contribution in [2.24, 2.45) is 17.3 Å². The van der Waals surface area contributed by atoms with E-state index in [4.69, 9.17) is 0 Å². The van der Waals surface area contributed by atoms with E-state index in [1.54, 1.807) is 0 Å². The highest BCUT2D eigenvalue weighted by atomic mass is 16.5. The molecule has 0 amide bonds. The van der Waals surface area contributed by atoms with Crippen LogP contribution in [0.15, 0.2) is 0 Å². The van der Waals surface area contributed by atoms with Crippen molar-refractivity contribution in [3.05, 3.63) is 0 Å². The summed E-state index contributed by atoms with van der Waals surface area (Å²) in [7, 11) is 0. The van der Waals surface area contributed by atoms with Gasteiger partial charge < -0.3 is 4.74 Å². The molecule has 1 atom stereocenters. The molecule has 0 rings (SSSR count). The van der Waals surface area contributed by atoms with Crippen molar-refractivity contribution in [2.75, 3.05) is 6.61 Å². The van der Waals surface area contributed by atoms with Crippen LogP contribution in [0.1, 0.15) is 34.6 Å². The van der Waals surface area contributed by atoms with E-state index in [1.807, 2.05) is 0 Å². The minimum absolute atomic E-state index is 0.205. The van der Waals surface area contributed by atoms with Gasteiger partial charge in [-0.05, 0) is 17.3 Å². The second kappa shape index (κ2) is 4.48. The van der Waals surface area contributed by atoms with Crippen molar-refractivity contribution in [3.8, 4) is 0 Å². The monoisotopic (exact) mass is 171 g/mol. The Kier molecular flexibility index (Phi) is 4.29. The zero-order chi connectivity index (χ0) is 9.78. The summed E-state index contributed by atoms with van der Waals surface area (Å²) in [5.41, 5.74) is 0.205. The molecule has 1 unspecified atom stereocenters. The normalized spacial score (nSPS) is 14.5. The zero-order valence-corrected chi connectivity index (χ0v) is 8.68. The predicted molar refractivity (Wildman–Crippen MR) is 49.4 cm³/mol. The van der Waals surface area contributed by atoms with Crippen molar-refractivity contribution in [1.29, 1.82) is 0 Å². The smallest absolute Gasteiger partial charge is 0.417 e. The Morgan fingerprint density at radius 1 is 1.33 bits per heavy atom. The average molecular weight is 171 g/mol. The first-order valence-corrected chi connectivity index (χ1v) is 4.41. The van der Waals surface area contributed by atoms with Crippen molar-refractivity contribution >= 4 is 6.47 Å². The van der Waals surface area contributed by atoms with Gasteiger partial charge in [0, 0.05) is 0 Å². The van der Waals surface area contributed by atoms with Gasteiger partial charge in [0.15, 0.2) is 0 Å². The van der Waals surface area contributed by atoms with Gasteiger partial charge in [0.05, 0.1) is 6.61 Å². The van der Waals surface area contributed by atoms with Gasteiger partial charge in [-0.1, -0.05) is 34.6 Å². The molecular formula is C10H19O2. The van der Waals surface area contributed by atoms with Crippen LogP contribution in [0.3, 0.4) is 0 Å². The highest BCUT2D eigenvalue weighted by Crippen LogP contribution is 2.34. The lowest BCUT2D eigenvalue weighted by atomic mass is 9.72. The Morgan fingerprint density at radius 3 is 2.17 bits per heavy atom. The number of rotatable bonds is 5. The summed E-state index contributed by atoms with van der Waals surface area (Å²) in [6, 6.07) is 0. The SMILES string of the molecule is CC(C)C(C)(C)C(C)CO[C]=O. The van der Waals surface area contributed by atoms with E-state index in [0.29, 0.717) is 18.4 Å². The first kappa shape index (κ1) is 11.5. The molecule has 0 heterocycles. The topological polar surface area (TPSA) is 26.3 Å². The molecule has 0 saturated carbocycles. The van der Waals surface area contributed by atoms with Gasteiger partial charge in [-0.25, -0.2) is 4.79 Å². The molecule has 12 heavy (non-hydrogen) atoms. The molecule has 0 aliphatic rings. The predicted octanol–water partition coefficient (Wildman–Crippen LogP) is 2.39. The van der Waals surface area contributed by atoms with E-state index >= 15 is 0 Å². The summed E-state index contributed by atoms with van der Waals surface area (Å²) in [6.45, 7) is 12.8. The Labute approximate surface area is 75.3 Å². The lowest BCUT2D eigenvalue weighted by Crippen LogP contribution is -2.30. The summed E-state index contributed by atoms with van der Waals surface area (Å²) in [5, 5.41) is 0. The van der Waals surface area contributed by atoms with Gasteiger partial charge in [-0.2, -0.15) is 0 Å². The minimum Gasteiger partial charge on any atom is -0.457 e. The zero-order valence-electron chi connectivity index (χ0n) is 8.68. The van der Waals surface area contributed by atoms with Crippen LogP contribution in [0.25, 0.3) is 0 Å². The van der Waals surface area contributed by atoms with Gasteiger partial charge >= 0.3 is 6.47 Å². The van der Waals surface area contributed by atoms with Crippen LogP contribution in [-0.4, -0.2) is 13.1 Å². The van der Waals surface area contributed by atoms with Crippen LogP contribution >= 0.6 is 0 Å². The second-order valence-electron chi connectivity index (χ2n) is 4.27. The van der Waals surface area contributed by atoms with E-state index in [9.17, 15) is 4.79 Å². The standard InChI is InChI=1S/C10H19O2/c1-8(2)10(4,5)9(3)6-12-7-11/h8-9H,6H2,1-5H3. The van der Waals surface area contributed by atoms with Crippen LogP contribution in [0.5, 0.6) is 0 Å². The molecule has 0 aromatic rings. The number of hydrogen-bond acceptors (Lipinski definition) is 2. The number of ether oxygens (including phenoxy) is 1. The van der Waals surface area contributed by atoms with Crippen LogP contribution in [0.4, 0.5) is 0 Å². The molecule has 1 radical (unpaired) electrons. The van der Waals surface area contributed by atoms with Crippen LogP contribution < -0.4 is 0 Å². The summed E-state index contributed by atoms with van der Waals surface area (Å²) in [4.78, 5) is 9.86. The Bertz CT molecular complexity index is 139. The van der Waals surface area contributed by atoms with Crippen LogP contribution in [-0.2, 0) is 9.53 Å². The molecule has 0 N–H and O–H groups in total. The fourth-order valence-corrected chi connectivity index (χ4v) is 0.943. The first-order chi connectivity index (χ1) is 5.42. The molecular weight excluding hydrogens is 152 g/mol. The molecule has 0 aliphatic heterocycles. The Balaban J connectivity index is 4.05. The highest BCUT2D eigenvalue weighted by Gasteiger charge is 2.29. The van der Waals surface area contributed by atoms with Crippen molar-refractivity contribution in [3.63, 3.8) is 0 Å². The van der Waals surface area contributed by atoms with Gasteiger partial charge in [-0.3, -0.25) is 0 Å². The number of hydrogen-bond donors (Lipinski definition) is 0. The molecule has 0 aromatic heterocycles. The fourth-order valence-electron chi connectivity index (χ4n) is 0.943. The molecule has 0 fully saturated rings. The molecule has 0 aromatic carbocycles. The molecule has 0 aliphatic carbocycles. The number of carbonyl (C=O) groups excluding carboxylic acids is 1.